The zero-order valence-electron chi connectivity index (χ0n) is 11.6. The van der Waals surface area contributed by atoms with Gasteiger partial charge >= 0.3 is 0 Å². The molecule has 1 saturated heterocycles. The summed E-state index contributed by atoms with van der Waals surface area (Å²) in [7, 11) is 0. The lowest BCUT2D eigenvalue weighted by Crippen LogP contribution is -2.26. The van der Waals surface area contributed by atoms with Crippen LogP contribution in [-0.4, -0.2) is 39.2 Å². The van der Waals surface area contributed by atoms with Crippen LogP contribution in [0.4, 0.5) is 11.6 Å². The molecule has 0 spiro atoms. The molecule has 110 valence electrons. The Labute approximate surface area is 121 Å². The van der Waals surface area contributed by atoms with E-state index >= 15 is 0 Å². The van der Waals surface area contributed by atoms with E-state index in [1.165, 1.54) is 6.07 Å². The molecule has 0 bridgehead atoms. The van der Waals surface area contributed by atoms with Crippen LogP contribution in [0.15, 0.2) is 18.2 Å². The number of nitro benzene ring substituents is 1. The zero-order chi connectivity index (χ0) is 15.0. The van der Waals surface area contributed by atoms with Gasteiger partial charge in [0.2, 0.25) is 5.95 Å². The van der Waals surface area contributed by atoms with Crippen molar-refractivity contribution in [1.82, 2.24) is 15.2 Å². The first kappa shape index (κ1) is 13.5. The second kappa shape index (κ2) is 5.13. The van der Waals surface area contributed by atoms with Crippen molar-refractivity contribution in [2.75, 3.05) is 18.0 Å². The van der Waals surface area contributed by atoms with Gasteiger partial charge in [0, 0.05) is 25.2 Å². The number of aromatic amines is 1. The molecule has 2 aromatic rings. The van der Waals surface area contributed by atoms with Crippen LogP contribution in [0.1, 0.15) is 12.0 Å². The van der Waals surface area contributed by atoms with Crippen LogP contribution in [0, 0.1) is 17.0 Å². The molecule has 0 aliphatic carbocycles. The Kier molecular flexibility index (Phi) is 3.30. The topological polar surface area (TPSA) is 114 Å². The molecule has 8 nitrogen and oxygen atoms in total. The van der Waals surface area contributed by atoms with Gasteiger partial charge in [0.15, 0.2) is 5.82 Å². The fourth-order valence-corrected chi connectivity index (χ4v) is 2.48. The molecule has 0 amide bonds. The van der Waals surface area contributed by atoms with Crippen LogP contribution in [0.25, 0.3) is 11.4 Å². The molecule has 1 aliphatic rings. The van der Waals surface area contributed by atoms with Crippen LogP contribution in [0.2, 0.25) is 0 Å². The molecule has 1 aromatic carbocycles. The van der Waals surface area contributed by atoms with Crippen molar-refractivity contribution in [2.45, 2.75) is 19.4 Å². The van der Waals surface area contributed by atoms with Crippen molar-refractivity contribution >= 4 is 11.6 Å². The Bertz CT molecular complexity index is 683. The number of nitro groups is 1. The number of nitrogens with one attached hydrogen (secondary N) is 1. The Morgan fingerprint density at radius 3 is 3.00 bits per heavy atom. The quantitative estimate of drug-likeness (QED) is 0.648. The van der Waals surface area contributed by atoms with E-state index in [1.54, 1.807) is 12.1 Å². The van der Waals surface area contributed by atoms with Gasteiger partial charge in [-0.1, -0.05) is 6.07 Å². The maximum absolute atomic E-state index is 11.1. The van der Waals surface area contributed by atoms with Gasteiger partial charge in [-0.25, -0.2) is 0 Å². The van der Waals surface area contributed by atoms with Crippen molar-refractivity contribution in [1.29, 1.82) is 0 Å². The lowest BCUT2D eigenvalue weighted by molar-refractivity contribution is -0.384. The zero-order valence-corrected chi connectivity index (χ0v) is 11.6. The Balaban J connectivity index is 1.96. The van der Waals surface area contributed by atoms with Gasteiger partial charge in [-0.15, -0.1) is 5.10 Å². The first-order valence-electron chi connectivity index (χ1n) is 6.73. The van der Waals surface area contributed by atoms with Crippen LogP contribution in [-0.2, 0) is 0 Å². The molecular formula is C13H16N6O2. The molecule has 3 rings (SSSR count). The number of rotatable bonds is 3. The number of hydrogen-bond donors (Lipinski definition) is 2. The molecule has 2 heterocycles. The number of benzene rings is 1. The normalized spacial score (nSPS) is 18.2. The third kappa shape index (κ3) is 2.57. The highest BCUT2D eigenvalue weighted by atomic mass is 16.6. The van der Waals surface area contributed by atoms with Gasteiger partial charge in [-0.3, -0.25) is 15.2 Å². The summed E-state index contributed by atoms with van der Waals surface area (Å²) in [6.45, 7) is 3.38. The third-order valence-electron chi connectivity index (χ3n) is 3.59. The predicted molar refractivity (Wildman–Crippen MR) is 78.0 cm³/mol. The average molecular weight is 288 g/mol. The van der Waals surface area contributed by atoms with E-state index in [4.69, 9.17) is 5.73 Å². The van der Waals surface area contributed by atoms with Gasteiger partial charge in [0.05, 0.1) is 10.5 Å². The summed E-state index contributed by atoms with van der Waals surface area (Å²) < 4.78 is 0. The summed E-state index contributed by atoms with van der Waals surface area (Å²) in [5.74, 6) is 0.939. The molecule has 1 atom stereocenters. The number of anilines is 1. The third-order valence-corrected chi connectivity index (χ3v) is 3.59. The molecule has 1 unspecified atom stereocenters. The minimum absolute atomic E-state index is 0.0152. The van der Waals surface area contributed by atoms with E-state index in [9.17, 15) is 10.1 Å². The van der Waals surface area contributed by atoms with Crippen molar-refractivity contribution in [2.24, 2.45) is 5.73 Å². The Morgan fingerprint density at radius 1 is 1.52 bits per heavy atom. The summed E-state index contributed by atoms with van der Waals surface area (Å²) in [5, 5.41) is 18.1. The molecule has 3 N–H and O–H groups in total. The van der Waals surface area contributed by atoms with E-state index in [0.29, 0.717) is 23.9 Å². The molecule has 1 fully saturated rings. The highest BCUT2D eigenvalue weighted by molar-refractivity contribution is 5.69. The number of nitrogens with two attached hydrogens (primary N) is 1. The molecule has 1 aliphatic heterocycles. The summed E-state index contributed by atoms with van der Waals surface area (Å²) in [5.41, 5.74) is 7.26. The first-order valence-corrected chi connectivity index (χ1v) is 6.73. The van der Waals surface area contributed by atoms with Crippen molar-refractivity contribution in [3.05, 3.63) is 33.9 Å². The second-order valence-electron chi connectivity index (χ2n) is 5.26. The largest absolute Gasteiger partial charge is 0.338 e. The molecule has 1 aromatic heterocycles. The number of aromatic nitrogens is 3. The molecule has 0 saturated carbocycles. The Morgan fingerprint density at radius 2 is 2.33 bits per heavy atom. The van der Waals surface area contributed by atoms with Crippen LogP contribution in [0.5, 0.6) is 0 Å². The smallest absolute Gasteiger partial charge is 0.280 e. The number of nitrogens with zero attached hydrogens (tertiary/aromatic N) is 4. The van der Waals surface area contributed by atoms with Crippen LogP contribution < -0.4 is 10.6 Å². The number of aryl methyl sites for hydroxylation is 1. The van der Waals surface area contributed by atoms with Gasteiger partial charge in [0.1, 0.15) is 0 Å². The van der Waals surface area contributed by atoms with Crippen molar-refractivity contribution < 1.29 is 4.92 Å². The minimum atomic E-state index is -0.414. The fraction of sp³-hybridized carbons (Fsp3) is 0.385. The van der Waals surface area contributed by atoms with Crippen molar-refractivity contribution in [3.63, 3.8) is 0 Å². The Hall–Kier alpha value is -2.48. The first-order chi connectivity index (χ1) is 10.0. The van der Waals surface area contributed by atoms with E-state index in [0.717, 1.165) is 18.5 Å². The lowest BCUT2D eigenvalue weighted by atomic mass is 10.1. The van der Waals surface area contributed by atoms with Gasteiger partial charge in [-0.2, -0.15) is 4.98 Å². The molecule has 21 heavy (non-hydrogen) atoms. The van der Waals surface area contributed by atoms with Crippen LogP contribution in [0.3, 0.4) is 0 Å². The van der Waals surface area contributed by atoms with E-state index in [1.807, 2.05) is 11.8 Å². The van der Waals surface area contributed by atoms with E-state index in [2.05, 4.69) is 15.2 Å². The summed E-state index contributed by atoms with van der Waals surface area (Å²) >= 11 is 0. The fourth-order valence-electron chi connectivity index (χ4n) is 2.48. The number of hydrogen-bond acceptors (Lipinski definition) is 6. The highest BCUT2D eigenvalue weighted by Gasteiger charge is 2.24. The van der Waals surface area contributed by atoms with Crippen LogP contribution >= 0.6 is 0 Å². The summed E-state index contributed by atoms with van der Waals surface area (Å²) in [6.07, 6.45) is 0.897. The lowest BCUT2D eigenvalue weighted by Gasteiger charge is -2.11. The maximum atomic E-state index is 11.1. The van der Waals surface area contributed by atoms with E-state index in [-0.39, 0.29) is 11.7 Å². The molecule has 8 heteroatoms. The summed E-state index contributed by atoms with van der Waals surface area (Å²) in [6, 6.07) is 5.05. The highest BCUT2D eigenvalue weighted by Crippen LogP contribution is 2.29. The maximum Gasteiger partial charge on any atom is 0.280 e. The van der Waals surface area contributed by atoms with Gasteiger partial charge < -0.3 is 10.6 Å². The van der Waals surface area contributed by atoms with Gasteiger partial charge in [-0.05, 0) is 25.0 Å². The van der Waals surface area contributed by atoms with Gasteiger partial charge in [0.25, 0.3) is 5.69 Å². The minimum Gasteiger partial charge on any atom is -0.338 e. The molecular weight excluding hydrogens is 272 g/mol. The molecule has 0 radical (unpaired) electrons. The second-order valence-corrected chi connectivity index (χ2v) is 5.26. The standard InChI is InChI=1S/C13H16N6O2/c1-8-2-3-11(19(20)21)10(6-8)12-15-13(17-16-12)18-5-4-9(14)7-18/h2-3,6,9H,4-5,7,14H2,1H3,(H,15,16,17). The predicted octanol–water partition coefficient (Wildman–Crippen LogP) is 1.23. The number of H-pyrrole nitrogens is 1. The summed E-state index contributed by atoms with van der Waals surface area (Å²) in [4.78, 5) is 17.1. The average Bonchev–Trinajstić information content (AvgIpc) is 3.06. The van der Waals surface area contributed by atoms with Crippen molar-refractivity contribution in [3.8, 4) is 11.4 Å². The SMILES string of the molecule is Cc1ccc([N+](=O)[O-])c(-c2nc(N3CCC(N)C3)n[nH]2)c1. The van der Waals surface area contributed by atoms with E-state index < -0.39 is 4.92 Å². The monoisotopic (exact) mass is 288 g/mol.